The van der Waals surface area contributed by atoms with E-state index in [0.29, 0.717) is 12.5 Å². The second-order valence-electron chi connectivity index (χ2n) is 3.20. The number of nitrogens with two attached hydrogens (primary N) is 1. The van der Waals surface area contributed by atoms with Gasteiger partial charge in [0.25, 0.3) is 0 Å². The topological polar surface area (TPSA) is 48.1 Å². The summed E-state index contributed by atoms with van der Waals surface area (Å²) in [4.78, 5) is 4.26. The molecule has 3 heteroatoms. The first-order valence-corrected chi connectivity index (χ1v) is 4.46. The zero-order valence-electron chi connectivity index (χ0n) is 8.16. The van der Waals surface area contributed by atoms with Crippen LogP contribution in [0.4, 0.5) is 0 Å². The molecule has 1 aromatic heterocycles. The number of aromatic nitrogens is 1. The maximum atomic E-state index is 5.54. The Morgan fingerprint density at radius 3 is 3.00 bits per heavy atom. The molecule has 0 bridgehead atoms. The summed E-state index contributed by atoms with van der Waals surface area (Å²) in [5.41, 5.74) is 6.53. The van der Waals surface area contributed by atoms with Crippen LogP contribution >= 0.6 is 0 Å². The van der Waals surface area contributed by atoms with Gasteiger partial charge in [0.05, 0.1) is 12.8 Å². The fourth-order valence-electron chi connectivity index (χ4n) is 1.18. The third-order valence-electron chi connectivity index (χ3n) is 2.01. The van der Waals surface area contributed by atoms with E-state index in [-0.39, 0.29) is 0 Å². The van der Waals surface area contributed by atoms with Crippen LogP contribution in [-0.2, 0) is 6.42 Å². The van der Waals surface area contributed by atoms with E-state index in [4.69, 9.17) is 10.5 Å². The lowest BCUT2D eigenvalue weighted by atomic mass is 10.1. The van der Waals surface area contributed by atoms with Crippen LogP contribution in [0, 0.1) is 5.92 Å². The van der Waals surface area contributed by atoms with E-state index in [1.165, 1.54) is 0 Å². The lowest BCUT2D eigenvalue weighted by molar-refractivity contribution is 0.402. The normalized spacial score (nSPS) is 12.5. The Hall–Kier alpha value is -1.09. The number of rotatable bonds is 4. The van der Waals surface area contributed by atoms with Gasteiger partial charge in [-0.05, 0) is 31.0 Å². The Balaban J connectivity index is 2.74. The second-order valence-corrected chi connectivity index (χ2v) is 3.20. The fraction of sp³-hybridized carbons (Fsp3) is 0.500. The molecule has 0 fully saturated rings. The van der Waals surface area contributed by atoms with Crippen molar-refractivity contribution in [1.82, 2.24) is 4.98 Å². The Morgan fingerprint density at radius 1 is 1.62 bits per heavy atom. The van der Waals surface area contributed by atoms with Crippen molar-refractivity contribution in [3.05, 3.63) is 24.0 Å². The summed E-state index contributed by atoms with van der Waals surface area (Å²) in [6.07, 6.45) is 2.65. The Labute approximate surface area is 78.9 Å². The molecule has 1 aromatic rings. The Kier molecular flexibility index (Phi) is 3.71. The average Bonchev–Trinajstić information content (AvgIpc) is 2.18. The SMILES string of the molecule is COc1cccnc1CC(C)CN. The molecule has 0 radical (unpaired) electrons. The molecule has 3 nitrogen and oxygen atoms in total. The Bertz CT molecular complexity index is 263. The van der Waals surface area contributed by atoms with Crippen LogP contribution in [0.3, 0.4) is 0 Å². The molecule has 1 rings (SSSR count). The van der Waals surface area contributed by atoms with Crippen molar-refractivity contribution in [3.8, 4) is 5.75 Å². The lowest BCUT2D eigenvalue weighted by Gasteiger charge is -2.10. The van der Waals surface area contributed by atoms with E-state index < -0.39 is 0 Å². The molecule has 0 saturated heterocycles. The average molecular weight is 180 g/mol. The van der Waals surface area contributed by atoms with Crippen molar-refractivity contribution >= 4 is 0 Å². The van der Waals surface area contributed by atoms with Gasteiger partial charge in [0.2, 0.25) is 0 Å². The number of hydrogen-bond donors (Lipinski definition) is 1. The van der Waals surface area contributed by atoms with Crippen LogP contribution < -0.4 is 10.5 Å². The van der Waals surface area contributed by atoms with Gasteiger partial charge in [0, 0.05) is 6.20 Å². The predicted molar refractivity (Wildman–Crippen MR) is 52.7 cm³/mol. The minimum absolute atomic E-state index is 0.448. The molecule has 0 aliphatic heterocycles. The molecule has 72 valence electrons. The van der Waals surface area contributed by atoms with E-state index in [1.807, 2.05) is 12.1 Å². The van der Waals surface area contributed by atoms with Gasteiger partial charge in [-0.3, -0.25) is 4.98 Å². The number of methoxy groups -OCH3 is 1. The van der Waals surface area contributed by atoms with Gasteiger partial charge in [0.1, 0.15) is 5.75 Å². The van der Waals surface area contributed by atoms with Crippen molar-refractivity contribution in [3.63, 3.8) is 0 Å². The summed E-state index contributed by atoms with van der Waals surface area (Å²) in [7, 11) is 1.66. The molecular formula is C10H16N2O. The van der Waals surface area contributed by atoms with Crippen LogP contribution in [0.1, 0.15) is 12.6 Å². The first-order valence-electron chi connectivity index (χ1n) is 4.46. The predicted octanol–water partition coefficient (Wildman–Crippen LogP) is 1.23. The minimum atomic E-state index is 0.448. The quantitative estimate of drug-likeness (QED) is 0.758. The molecule has 0 amide bonds. The van der Waals surface area contributed by atoms with Gasteiger partial charge < -0.3 is 10.5 Å². The van der Waals surface area contributed by atoms with Crippen molar-refractivity contribution < 1.29 is 4.74 Å². The van der Waals surface area contributed by atoms with Crippen LogP contribution in [0.5, 0.6) is 5.75 Å². The fourth-order valence-corrected chi connectivity index (χ4v) is 1.18. The van der Waals surface area contributed by atoms with Gasteiger partial charge in [-0.1, -0.05) is 6.92 Å². The van der Waals surface area contributed by atoms with Crippen molar-refractivity contribution in [2.75, 3.05) is 13.7 Å². The summed E-state index contributed by atoms with van der Waals surface area (Å²) in [5.74, 6) is 1.30. The van der Waals surface area contributed by atoms with E-state index in [2.05, 4.69) is 11.9 Å². The number of nitrogens with zero attached hydrogens (tertiary/aromatic N) is 1. The molecule has 0 aliphatic carbocycles. The van der Waals surface area contributed by atoms with Crippen LogP contribution in [0.15, 0.2) is 18.3 Å². The highest BCUT2D eigenvalue weighted by atomic mass is 16.5. The number of hydrogen-bond acceptors (Lipinski definition) is 3. The zero-order chi connectivity index (χ0) is 9.68. The molecule has 1 atom stereocenters. The summed E-state index contributed by atoms with van der Waals surface area (Å²) in [5, 5.41) is 0. The van der Waals surface area contributed by atoms with Crippen LogP contribution in [0.2, 0.25) is 0 Å². The van der Waals surface area contributed by atoms with Gasteiger partial charge >= 0.3 is 0 Å². The maximum Gasteiger partial charge on any atom is 0.140 e. The van der Waals surface area contributed by atoms with Gasteiger partial charge in [-0.25, -0.2) is 0 Å². The highest BCUT2D eigenvalue weighted by Crippen LogP contribution is 2.17. The molecule has 2 N–H and O–H groups in total. The molecule has 0 aromatic carbocycles. The summed E-state index contributed by atoms with van der Waals surface area (Å²) >= 11 is 0. The third-order valence-corrected chi connectivity index (χ3v) is 2.01. The van der Waals surface area contributed by atoms with E-state index in [9.17, 15) is 0 Å². The van der Waals surface area contributed by atoms with Crippen molar-refractivity contribution in [2.24, 2.45) is 11.7 Å². The third kappa shape index (κ3) is 2.70. The minimum Gasteiger partial charge on any atom is -0.495 e. The summed E-state index contributed by atoms with van der Waals surface area (Å²) in [6, 6.07) is 3.79. The van der Waals surface area contributed by atoms with Gasteiger partial charge in [0.15, 0.2) is 0 Å². The second kappa shape index (κ2) is 4.82. The lowest BCUT2D eigenvalue weighted by Crippen LogP contribution is -2.14. The largest absolute Gasteiger partial charge is 0.495 e. The molecule has 0 aliphatic rings. The highest BCUT2D eigenvalue weighted by molar-refractivity contribution is 5.26. The van der Waals surface area contributed by atoms with Crippen LogP contribution in [0.25, 0.3) is 0 Å². The number of pyridine rings is 1. The molecule has 0 saturated carbocycles. The molecule has 0 spiro atoms. The molecular weight excluding hydrogens is 164 g/mol. The van der Waals surface area contributed by atoms with Crippen molar-refractivity contribution in [2.45, 2.75) is 13.3 Å². The zero-order valence-corrected chi connectivity index (χ0v) is 8.16. The molecule has 13 heavy (non-hydrogen) atoms. The Morgan fingerprint density at radius 2 is 2.38 bits per heavy atom. The van der Waals surface area contributed by atoms with E-state index >= 15 is 0 Å². The van der Waals surface area contributed by atoms with E-state index in [0.717, 1.165) is 17.9 Å². The molecule has 1 unspecified atom stereocenters. The number of ether oxygens (including phenoxy) is 1. The van der Waals surface area contributed by atoms with Crippen LogP contribution in [-0.4, -0.2) is 18.6 Å². The molecule has 1 heterocycles. The first-order chi connectivity index (χ1) is 6.27. The maximum absolute atomic E-state index is 5.54. The summed E-state index contributed by atoms with van der Waals surface area (Å²) < 4.78 is 5.19. The van der Waals surface area contributed by atoms with E-state index in [1.54, 1.807) is 13.3 Å². The highest BCUT2D eigenvalue weighted by Gasteiger charge is 2.07. The first kappa shape index (κ1) is 9.99. The standard InChI is InChI=1S/C10H16N2O/c1-8(7-11)6-9-10(13-2)4-3-5-12-9/h3-5,8H,6-7,11H2,1-2H3. The van der Waals surface area contributed by atoms with Crippen molar-refractivity contribution in [1.29, 1.82) is 0 Å². The monoisotopic (exact) mass is 180 g/mol. The smallest absolute Gasteiger partial charge is 0.140 e. The summed E-state index contributed by atoms with van der Waals surface area (Å²) in [6.45, 7) is 2.79. The van der Waals surface area contributed by atoms with Gasteiger partial charge in [-0.15, -0.1) is 0 Å². The van der Waals surface area contributed by atoms with Gasteiger partial charge in [-0.2, -0.15) is 0 Å².